The number of anilines is 1. The number of amides is 1. The van der Waals surface area contributed by atoms with E-state index in [4.69, 9.17) is 16.3 Å². The Balaban J connectivity index is 1.49. The monoisotopic (exact) mass is 560 g/mol. The molecule has 1 unspecified atom stereocenters. The predicted molar refractivity (Wildman–Crippen MR) is 149 cm³/mol. The zero-order chi connectivity index (χ0) is 28.4. The molecular weight excluding hydrogens is 532 g/mol. The Bertz CT molecular complexity index is 1530. The predicted octanol–water partition coefficient (Wildman–Crippen LogP) is 5.09. The lowest BCUT2D eigenvalue weighted by molar-refractivity contribution is -0.614. The molecule has 0 spiro atoms. The first-order valence-corrected chi connectivity index (χ1v) is 13.4. The van der Waals surface area contributed by atoms with Crippen LogP contribution in [0, 0.1) is 11.1 Å². The van der Waals surface area contributed by atoms with Crippen LogP contribution in [0.5, 0.6) is 0 Å². The van der Waals surface area contributed by atoms with Crippen molar-refractivity contribution in [2.75, 3.05) is 5.32 Å². The Morgan fingerprint density at radius 2 is 1.90 bits per heavy atom. The molecular formula is C29H29ClN6O4. The van der Waals surface area contributed by atoms with Gasteiger partial charge in [0.25, 0.3) is 0 Å². The summed E-state index contributed by atoms with van der Waals surface area (Å²) in [5.41, 5.74) is 2.38. The van der Waals surface area contributed by atoms with Crippen LogP contribution in [-0.4, -0.2) is 37.7 Å². The van der Waals surface area contributed by atoms with Crippen LogP contribution in [0.3, 0.4) is 0 Å². The van der Waals surface area contributed by atoms with E-state index < -0.39 is 17.5 Å². The van der Waals surface area contributed by atoms with E-state index in [9.17, 15) is 14.8 Å². The van der Waals surface area contributed by atoms with Gasteiger partial charge in [-0.25, -0.2) is 4.79 Å². The second-order valence-corrected chi connectivity index (χ2v) is 11.3. The van der Waals surface area contributed by atoms with E-state index in [0.717, 1.165) is 17.6 Å². The number of nitrogens with zero attached hydrogens (tertiary/aromatic N) is 5. The fourth-order valence-corrected chi connectivity index (χ4v) is 4.72. The number of benzene rings is 2. The SMILES string of the molecule is CC(C)(C)OC(=O)c1ccc(NC(=O)C(CC2CC2)c2c(-c3cc(Cl)ccc3-n3cnnn3)ccc[n+]2[O-])cc1. The Morgan fingerprint density at radius 1 is 1.15 bits per heavy atom. The Hall–Kier alpha value is -4.31. The van der Waals surface area contributed by atoms with Crippen LogP contribution < -0.4 is 10.0 Å². The number of ether oxygens (including phenoxy) is 1. The summed E-state index contributed by atoms with van der Waals surface area (Å²) in [6.07, 6.45) is 5.37. The molecule has 1 fully saturated rings. The summed E-state index contributed by atoms with van der Waals surface area (Å²) in [7, 11) is 0. The molecule has 1 aliphatic rings. The first kappa shape index (κ1) is 27.3. The number of carbonyl (C=O) groups excluding carboxylic acids is 2. The van der Waals surface area contributed by atoms with E-state index in [1.54, 1.807) is 75.4 Å². The fraction of sp³-hybridized carbons (Fsp3) is 0.310. The molecule has 4 aromatic rings. The van der Waals surface area contributed by atoms with Crippen molar-refractivity contribution < 1.29 is 19.1 Å². The highest BCUT2D eigenvalue weighted by Crippen LogP contribution is 2.41. The van der Waals surface area contributed by atoms with Gasteiger partial charge in [-0.3, -0.25) is 4.79 Å². The number of nitrogens with one attached hydrogen (secondary N) is 1. The maximum atomic E-state index is 13.8. The summed E-state index contributed by atoms with van der Waals surface area (Å²) < 4.78 is 7.65. The third-order valence-electron chi connectivity index (χ3n) is 6.54. The lowest BCUT2D eigenvalue weighted by Crippen LogP contribution is -2.38. The normalized spacial score (nSPS) is 14.0. The van der Waals surface area contributed by atoms with Crippen LogP contribution in [0.2, 0.25) is 5.02 Å². The van der Waals surface area contributed by atoms with Gasteiger partial charge in [-0.2, -0.15) is 9.41 Å². The quantitative estimate of drug-likeness (QED) is 0.181. The molecule has 0 aliphatic heterocycles. The van der Waals surface area contributed by atoms with Crippen molar-refractivity contribution in [1.29, 1.82) is 0 Å². The number of pyridine rings is 1. The third kappa shape index (κ3) is 6.28. The molecule has 1 atom stereocenters. The average Bonchev–Trinajstić information content (AvgIpc) is 3.56. The van der Waals surface area contributed by atoms with Gasteiger partial charge in [-0.1, -0.05) is 24.4 Å². The molecule has 1 amide bonds. The fourth-order valence-electron chi connectivity index (χ4n) is 4.55. The van der Waals surface area contributed by atoms with E-state index in [0.29, 0.717) is 51.1 Å². The molecule has 5 rings (SSSR count). The summed E-state index contributed by atoms with van der Waals surface area (Å²) in [4.78, 5) is 26.2. The molecule has 2 aromatic carbocycles. The number of hydrogen-bond donors (Lipinski definition) is 1. The Labute approximate surface area is 236 Å². The van der Waals surface area contributed by atoms with Gasteiger partial charge in [-0.15, -0.1) is 5.10 Å². The van der Waals surface area contributed by atoms with Crippen LogP contribution in [0.25, 0.3) is 16.8 Å². The Morgan fingerprint density at radius 3 is 2.55 bits per heavy atom. The van der Waals surface area contributed by atoms with Crippen LogP contribution in [0.4, 0.5) is 5.69 Å². The highest BCUT2D eigenvalue weighted by molar-refractivity contribution is 6.31. The summed E-state index contributed by atoms with van der Waals surface area (Å²) in [5.74, 6) is -1.16. The minimum Gasteiger partial charge on any atom is -0.618 e. The first-order chi connectivity index (χ1) is 19.1. The average molecular weight is 561 g/mol. The highest BCUT2D eigenvalue weighted by Gasteiger charge is 2.37. The van der Waals surface area contributed by atoms with E-state index >= 15 is 0 Å². The van der Waals surface area contributed by atoms with E-state index in [1.165, 1.54) is 17.2 Å². The molecule has 0 saturated heterocycles. The molecule has 1 saturated carbocycles. The second kappa shape index (κ2) is 11.1. The maximum Gasteiger partial charge on any atom is 0.338 e. The Kier molecular flexibility index (Phi) is 7.53. The van der Waals surface area contributed by atoms with Crippen molar-refractivity contribution >= 4 is 29.2 Å². The lowest BCUT2D eigenvalue weighted by atomic mass is 9.90. The van der Waals surface area contributed by atoms with Gasteiger partial charge in [0.2, 0.25) is 11.6 Å². The number of carbonyl (C=O) groups is 2. The second-order valence-electron chi connectivity index (χ2n) is 10.8. The zero-order valence-electron chi connectivity index (χ0n) is 22.4. The minimum atomic E-state index is -0.743. The number of rotatable bonds is 8. The van der Waals surface area contributed by atoms with Crippen LogP contribution >= 0.6 is 11.6 Å². The first-order valence-electron chi connectivity index (χ1n) is 13.0. The third-order valence-corrected chi connectivity index (χ3v) is 6.78. The zero-order valence-corrected chi connectivity index (χ0v) is 23.1. The van der Waals surface area contributed by atoms with Crippen LogP contribution in [-0.2, 0) is 9.53 Å². The molecule has 0 radical (unpaired) electrons. The minimum absolute atomic E-state index is 0.314. The molecule has 2 aromatic heterocycles. The highest BCUT2D eigenvalue weighted by atomic mass is 35.5. The number of aromatic nitrogens is 5. The van der Waals surface area contributed by atoms with Crippen molar-refractivity contribution in [3.8, 4) is 16.8 Å². The summed E-state index contributed by atoms with van der Waals surface area (Å²) in [6, 6.07) is 15.2. The molecule has 2 heterocycles. The standard InChI is InChI=1S/C29H29ClN6O4/c1-29(2,3)40-28(38)19-8-11-21(12-9-19)32-27(37)24(15-18-6-7-18)26-22(5-4-14-36(26)39)23-16-20(30)10-13-25(23)35-17-31-33-34-35/h4-5,8-14,16-18,24H,6-7,15H2,1-3H3,(H,32,37). The van der Waals surface area contributed by atoms with Gasteiger partial charge in [0.1, 0.15) is 17.8 Å². The summed E-state index contributed by atoms with van der Waals surface area (Å²) in [5, 5.41) is 28.2. The van der Waals surface area contributed by atoms with Crippen LogP contribution in [0.15, 0.2) is 67.1 Å². The molecule has 40 heavy (non-hydrogen) atoms. The smallest absolute Gasteiger partial charge is 0.338 e. The topological polar surface area (TPSA) is 126 Å². The maximum absolute atomic E-state index is 13.8. The van der Waals surface area contributed by atoms with E-state index in [2.05, 4.69) is 20.8 Å². The molecule has 10 nitrogen and oxygen atoms in total. The van der Waals surface area contributed by atoms with Crippen molar-refractivity contribution in [3.63, 3.8) is 0 Å². The lowest BCUT2D eigenvalue weighted by Gasteiger charge is -2.21. The van der Waals surface area contributed by atoms with E-state index in [-0.39, 0.29) is 5.91 Å². The largest absolute Gasteiger partial charge is 0.618 e. The van der Waals surface area contributed by atoms with Gasteiger partial charge in [0.15, 0.2) is 6.20 Å². The van der Waals surface area contributed by atoms with Gasteiger partial charge >= 0.3 is 5.97 Å². The van der Waals surface area contributed by atoms with Gasteiger partial charge < -0.3 is 15.3 Å². The van der Waals surface area contributed by atoms with Crippen molar-refractivity contribution in [2.45, 2.75) is 51.6 Å². The summed E-state index contributed by atoms with van der Waals surface area (Å²) >= 11 is 6.38. The number of hydrogen-bond acceptors (Lipinski definition) is 7. The molecule has 1 N–H and O–H groups in total. The van der Waals surface area contributed by atoms with E-state index in [1.807, 2.05) is 0 Å². The molecule has 1 aliphatic carbocycles. The van der Waals surface area contributed by atoms with Crippen molar-refractivity contribution in [3.05, 3.63) is 88.6 Å². The molecule has 11 heteroatoms. The van der Waals surface area contributed by atoms with Gasteiger partial charge in [-0.05, 0) is 92.1 Å². The van der Waals surface area contributed by atoms with Crippen molar-refractivity contribution in [1.82, 2.24) is 20.2 Å². The number of halogens is 1. The summed E-state index contributed by atoms with van der Waals surface area (Å²) in [6.45, 7) is 5.40. The molecule has 206 valence electrons. The van der Waals surface area contributed by atoms with Gasteiger partial charge in [0, 0.05) is 22.3 Å². The molecule has 0 bridgehead atoms. The van der Waals surface area contributed by atoms with Gasteiger partial charge in [0.05, 0.1) is 16.8 Å². The number of esters is 1. The van der Waals surface area contributed by atoms with Crippen LogP contribution in [0.1, 0.15) is 62.0 Å². The van der Waals surface area contributed by atoms with Crippen molar-refractivity contribution in [2.24, 2.45) is 5.92 Å². The number of tetrazole rings is 1.